The second kappa shape index (κ2) is 8.40. The van der Waals surface area contributed by atoms with Gasteiger partial charge in [-0.05, 0) is 29.1 Å². The zero-order valence-electron chi connectivity index (χ0n) is 13.7. The fourth-order valence-corrected chi connectivity index (χ4v) is 2.84. The molecule has 2 aromatic rings. The minimum atomic E-state index is -0.197. The van der Waals surface area contributed by atoms with Gasteiger partial charge in [0, 0.05) is 39.0 Å². The number of thiophene rings is 1. The minimum absolute atomic E-state index is 0.0167. The number of carbonyl (C=O) groups is 3. The summed E-state index contributed by atoms with van der Waals surface area (Å²) in [6.45, 7) is 1.99. The minimum Gasteiger partial charge on any atom is -0.342 e. The number of anilines is 1. The second-order valence-electron chi connectivity index (χ2n) is 5.52. The number of nitrogens with one attached hydrogen (secondary N) is 1. The largest absolute Gasteiger partial charge is 0.342 e. The van der Waals surface area contributed by atoms with Crippen LogP contribution in [0.3, 0.4) is 0 Å². The summed E-state index contributed by atoms with van der Waals surface area (Å²) >= 11 is 1.38. The third-order valence-corrected chi connectivity index (χ3v) is 4.45. The van der Waals surface area contributed by atoms with E-state index in [1.807, 2.05) is 29.6 Å². The van der Waals surface area contributed by atoms with E-state index in [-0.39, 0.29) is 30.4 Å². The quantitative estimate of drug-likeness (QED) is 0.784. The number of carbonyl (C=O) groups excluding carboxylic acids is 3. The van der Waals surface area contributed by atoms with Crippen molar-refractivity contribution in [2.24, 2.45) is 0 Å². The fraction of sp³-hybridized carbons (Fsp3) is 0.278. The number of rotatable bonds is 7. The van der Waals surface area contributed by atoms with Crippen molar-refractivity contribution in [3.05, 3.63) is 52.2 Å². The highest BCUT2D eigenvalue weighted by Gasteiger charge is 2.11. The lowest BCUT2D eigenvalue weighted by atomic mass is 10.1. The highest BCUT2D eigenvalue weighted by molar-refractivity contribution is 7.12. The lowest BCUT2D eigenvalue weighted by Crippen LogP contribution is -2.23. The Bertz CT molecular complexity index is 726. The lowest BCUT2D eigenvalue weighted by molar-refractivity contribution is -0.128. The summed E-state index contributed by atoms with van der Waals surface area (Å²) < 4.78 is 0. The van der Waals surface area contributed by atoms with E-state index in [1.54, 1.807) is 24.1 Å². The molecule has 1 aromatic carbocycles. The summed E-state index contributed by atoms with van der Waals surface area (Å²) in [5.74, 6) is -0.231. The van der Waals surface area contributed by atoms with Gasteiger partial charge in [-0.3, -0.25) is 14.4 Å². The molecule has 1 aromatic heterocycles. The van der Waals surface area contributed by atoms with E-state index in [1.165, 1.54) is 18.3 Å². The van der Waals surface area contributed by atoms with Crippen molar-refractivity contribution in [2.45, 2.75) is 26.3 Å². The van der Waals surface area contributed by atoms with Gasteiger partial charge in [-0.1, -0.05) is 18.2 Å². The van der Waals surface area contributed by atoms with Crippen LogP contribution >= 0.6 is 11.3 Å². The summed E-state index contributed by atoms with van der Waals surface area (Å²) in [6, 6.07) is 10.9. The van der Waals surface area contributed by atoms with Gasteiger partial charge in [-0.15, -0.1) is 11.3 Å². The highest BCUT2D eigenvalue weighted by atomic mass is 32.1. The smallest absolute Gasteiger partial charge is 0.224 e. The molecule has 2 rings (SSSR count). The normalized spacial score (nSPS) is 10.2. The molecule has 0 aliphatic rings. The van der Waals surface area contributed by atoms with Crippen molar-refractivity contribution in [3.8, 4) is 0 Å². The molecule has 1 N–H and O–H groups in total. The van der Waals surface area contributed by atoms with Crippen molar-refractivity contribution in [1.29, 1.82) is 0 Å². The number of amides is 2. The van der Waals surface area contributed by atoms with Crippen molar-refractivity contribution >= 4 is 34.6 Å². The van der Waals surface area contributed by atoms with Crippen LogP contribution in [-0.4, -0.2) is 29.5 Å². The molecule has 0 unspecified atom stereocenters. The summed E-state index contributed by atoms with van der Waals surface area (Å²) in [7, 11) is 1.73. The first-order valence-corrected chi connectivity index (χ1v) is 8.51. The van der Waals surface area contributed by atoms with Gasteiger partial charge in [0.1, 0.15) is 0 Å². The highest BCUT2D eigenvalue weighted by Crippen LogP contribution is 2.15. The molecule has 0 aliphatic heterocycles. The Morgan fingerprint density at radius 1 is 1.12 bits per heavy atom. The van der Waals surface area contributed by atoms with Gasteiger partial charge in [-0.2, -0.15) is 0 Å². The van der Waals surface area contributed by atoms with Crippen molar-refractivity contribution in [2.75, 3.05) is 12.4 Å². The van der Waals surface area contributed by atoms with Crippen molar-refractivity contribution < 1.29 is 14.4 Å². The van der Waals surface area contributed by atoms with Gasteiger partial charge >= 0.3 is 0 Å². The third-order valence-electron chi connectivity index (χ3n) is 3.54. The molecule has 0 atom stereocenters. The number of hydrogen-bond donors (Lipinski definition) is 1. The fourth-order valence-electron chi connectivity index (χ4n) is 2.14. The summed E-state index contributed by atoms with van der Waals surface area (Å²) in [5, 5.41) is 4.64. The Morgan fingerprint density at radius 2 is 1.92 bits per heavy atom. The van der Waals surface area contributed by atoms with E-state index >= 15 is 0 Å². The zero-order chi connectivity index (χ0) is 17.5. The van der Waals surface area contributed by atoms with Crippen LogP contribution in [0.5, 0.6) is 0 Å². The maximum absolute atomic E-state index is 12.0. The molecule has 1 heterocycles. The molecule has 0 radical (unpaired) electrons. The summed E-state index contributed by atoms with van der Waals surface area (Å²) in [5.41, 5.74) is 1.60. The molecule has 0 fully saturated rings. The van der Waals surface area contributed by atoms with Crippen LogP contribution in [0.4, 0.5) is 5.69 Å². The number of hydrogen-bond acceptors (Lipinski definition) is 4. The topological polar surface area (TPSA) is 66.5 Å². The van der Waals surface area contributed by atoms with E-state index in [0.717, 1.165) is 5.56 Å². The molecule has 6 heteroatoms. The Labute approximate surface area is 145 Å². The third kappa shape index (κ3) is 5.31. The molecular formula is C18H20N2O3S. The summed E-state index contributed by atoms with van der Waals surface area (Å²) in [6.07, 6.45) is 0.341. The van der Waals surface area contributed by atoms with E-state index in [0.29, 0.717) is 17.1 Å². The van der Waals surface area contributed by atoms with E-state index in [2.05, 4.69) is 5.32 Å². The Kier molecular flexibility index (Phi) is 6.26. The summed E-state index contributed by atoms with van der Waals surface area (Å²) in [4.78, 5) is 37.5. The van der Waals surface area contributed by atoms with E-state index in [9.17, 15) is 14.4 Å². The second-order valence-corrected chi connectivity index (χ2v) is 6.47. The average Bonchev–Trinajstić information content (AvgIpc) is 3.07. The van der Waals surface area contributed by atoms with Crippen LogP contribution in [0.1, 0.15) is 35.0 Å². The van der Waals surface area contributed by atoms with Gasteiger partial charge in [0.2, 0.25) is 11.8 Å². The number of Topliss-reactive ketones (excluding diaryl/α,β-unsaturated/α-hetero) is 1. The van der Waals surface area contributed by atoms with Crippen LogP contribution in [0.15, 0.2) is 41.8 Å². The average molecular weight is 344 g/mol. The number of nitrogens with zero attached hydrogens (tertiary/aromatic N) is 1. The standard InChI is InChI=1S/C18H20N2O3S/c1-13(21)20(2)12-14-5-3-6-15(11-14)19-18(23)9-8-16(22)17-7-4-10-24-17/h3-7,10-11H,8-9,12H2,1-2H3,(H,19,23). The van der Waals surface area contributed by atoms with Crippen LogP contribution < -0.4 is 5.32 Å². The SMILES string of the molecule is CC(=O)N(C)Cc1cccc(NC(=O)CCC(=O)c2cccs2)c1. The van der Waals surface area contributed by atoms with Gasteiger partial charge in [0.15, 0.2) is 5.78 Å². The maximum atomic E-state index is 12.0. The Hall–Kier alpha value is -2.47. The first kappa shape index (κ1) is 17.9. The molecule has 5 nitrogen and oxygen atoms in total. The molecule has 0 aliphatic carbocycles. The van der Waals surface area contributed by atoms with Crippen LogP contribution in [0.2, 0.25) is 0 Å². The molecule has 0 spiro atoms. The molecule has 0 bridgehead atoms. The molecule has 24 heavy (non-hydrogen) atoms. The van der Waals surface area contributed by atoms with E-state index in [4.69, 9.17) is 0 Å². The lowest BCUT2D eigenvalue weighted by Gasteiger charge is -2.15. The molecule has 2 amide bonds. The first-order valence-electron chi connectivity index (χ1n) is 7.63. The van der Waals surface area contributed by atoms with Crippen LogP contribution in [-0.2, 0) is 16.1 Å². The van der Waals surface area contributed by atoms with Crippen LogP contribution in [0.25, 0.3) is 0 Å². The van der Waals surface area contributed by atoms with Crippen LogP contribution in [0, 0.1) is 0 Å². The zero-order valence-corrected chi connectivity index (χ0v) is 14.6. The maximum Gasteiger partial charge on any atom is 0.224 e. The Balaban J connectivity index is 1.87. The Morgan fingerprint density at radius 3 is 2.58 bits per heavy atom. The van der Waals surface area contributed by atoms with Crippen molar-refractivity contribution in [3.63, 3.8) is 0 Å². The van der Waals surface area contributed by atoms with Gasteiger partial charge in [-0.25, -0.2) is 0 Å². The van der Waals surface area contributed by atoms with Gasteiger partial charge in [0.25, 0.3) is 0 Å². The number of ketones is 1. The van der Waals surface area contributed by atoms with Gasteiger partial charge < -0.3 is 10.2 Å². The first-order chi connectivity index (χ1) is 11.5. The predicted molar refractivity (Wildman–Crippen MR) is 95.1 cm³/mol. The molecule has 126 valence electrons. The van der Waals surface area contributed by atoms with Gasteiger partial charge in [0.05, 0.1) is 4.88 Å². The molecule has 0 saturated carbocycles. The monoisotopic (exact) mass is 344 g/mol. The number of benzene rings is 1. The van der Waals surface area contributed by atoms with E-state index < -0.39 is 0 Å². The predicted octanol–water partition coefficient (Wildman–Crippen LogP) is 3.33. The molecule has 0 saturated heterocycles. The molecular weight excluding hydrogens is 324 g/mol. The van der Waals surface area contributed by atoms with Crippen molar-refractivity contribution in [1.82, 2.24) is 4.90 Å².